The highest BCUT2D eigenvalue weighted by atomic mass is 16.2. The zero-order chi connectivity index (χ0) is 20.4. The number of aromatic nitrogens is 2. The van der Waals surface area contributed by atoms with Crippen molar-refractivity contribution >= 4 is 11.7 Å². The number of hydrogen-bond donors (Lipinski definition) is 2. The highest BCUT2D eigenvalue weighted by Gasteiger charge is 2.24. The average Bonchev–Trinajstić information content (AvgIpc) is 3.55. The van der Waals surface area contributed by atoms with E-state index < -0.39 is 0 Å². The monoisotopic (exact) mass is 388 g/mol. The largest absolute Gasteiger partial charge is 0.359 e. The summed E-state index contributed by atoms with van der Waals surface area (Å²) in [5.74, 6) is 0.169. The third-order valence-corrected chi connectivity index (χ3v) is 5.14. The van der Waals surface area contributed by atoms with Gasteiger partial charge in [-0.3, -0.25) is 14.2 Å². The van der Waals surface area contributed by atoms with Gasteiger partial charge in [-0.05, 0) is 49.9 Å². The fraction of sp³-hybridized carbons (Fsp3) is 0.261. The van der Waals surface area contributed by atoms with Crippen molar-refractivity contribution in [1.82, 2.24) is 14.9 Å². The molecular weight excluding hydrogens is 364 g/mol. The molecule has 1 amide bonds. The van der Waals surface area contributed by atoms with Gasteiger partial charge in [-0.15, -0.1) is 0 Å². The Morgan fingerprint density at radius 1 is 1.17 bits per heavy atom. The van der Waals surface area contributed by atoms with E-state index in [1.54, 1.807) is 24.5 Å². The fourth-order valence-corrected chi connectivity index (χ4v) is 3.24. The molecule has 4 rings (SSSR count). The van der Waals surface area contributed by atoms with Gasteiger partial charge in [0.05, 0.1) is 11.7 Å². The molecule has 6 heteroatoms. The maximum Gasteiger partial charge on any atom is 0.297 e. The molecule has 6 nitrogen and oxygen atoms in total. The van der Waals surface area contributed by atoms with Crippen LogP contribution in [-0.2, 0) is 0 Å². The predicted octanol–water partition coefficient (Wildman–Crippen LogP) is 3.61. The molecule has 0 radical (unpaired) electrons. The molecule has 1 aliphatic rings. The number of rotatable bonds is 6. The summed E-state index contributed by atoms with van der Waals surface area (Å²) in [6, 6.07) is 15.5. The van der Waals surface area contributed by atoms with E-state index in [1.807, 2.05) is 50.2 Å². The Balaban J connectivity index is 1.64. The van der Waals surface area contributed by atoms with E-state index in [4.69, 9.17) is 0 Å². The van der Waals surface area contributed by atoms with Crippen LogP contribution in [0, 0.1) is 6.92 Å². The van der Waals surface area contributed by atoms with Crippen molar-refractivity contribution in [1.29, 1.82) is 0 Å². The van der Waals surface area contributed by atoms with Crippen molar-refractivity contribution in [2.75, 3.05) is 5.32 Å². The molecule has 0 spiro atoms. The van der Waals surface area contributed by atoms with Gasteiger partial charge >= 0.3 is 0 Å². The Bertz CT molecular complexity index is 1090. The predicted molar refractivity (Wildman–Crippen MR) is 114 cm³/mol. The maximum atomic E-state index is 13.1. The number of carbonyl (C=O) groups excluding carboxylic acids is 1. The van der Waals surface area contributed by atoms with Crippen LogP contribution in [0.2, 0.25) is 0 Å². The lowest BCUT2D eigenvalue weighted by Crippen LogP contribution is -2.27. The van der Waals surface area contributed by atoms with Gasteiger partial charge in [0.1, 0.15) is 0 Å². The first-order valence-electron chi connectivity index (χ1n) is 9.84. The molecule has 1 fully saturated rings. The van der Waals surface area contributed by atoms with Gasteiger partial charge in [-0.1, -0.05) is 36.4 Å². The Labute approximate surface area is 169 Å². The molecule has 148 valence electrons. The van der Waals surface area contributed by atoms with Crippen molar-refractivity contribution < 1.29 is 4.79 Å². The summed E-state index contributed by atoms with van der Waals surface area (Å²) < 4.78 is 1.54. The van der Waals surface area contributed by atoms with Crippen LogP contribution in [0.1, 0.15) is 47.3 Å². The number of carbonyl (C=O) groups is 1. The highest BCUT2D eigenvalue weighted by molar-refractivity contribution is 5.95. The second-order valence-electron chi connectivity index (χ2n) is 7.48. The lowest BCUT2D eigenvalue weighted by molar-refractivity contribution is 0.0951. The van der Waals surface area contributed by atoms with Crippen LogP contribution in [0.15, 0.2) is 65.7 Å². The third-order valence-electron chi connectivity index (χ3n) is 5.14. The Morgan fingerprint density at radius 2 is 1.93 bits per heavy atom. The van der Waals surface area contributed by atoms with Crippen molar-refractivity contribution in [2.24, 2.45) is 0 Å². The zero-order valence-electron chi connectivity index (χ0n) is 16.6. The van der Waals surface area contributed by atoms with Crippen molar-refractivity contribution in [3.63, 3.8) is 0 Å². The second-order valence-corrected chi connectivity index (χ2v) is 7.48. The maximum absolute atomic E-state index is 13.1. The normalized spacial score (nSPS) is 14.3. The molecular formula is C23H24N4O2. The topological polar surface area (TPSA) is 76.0 Å². The molecule has 1 aliphatic carbocycles. The Morgan fingerprint density at radius 3 is 2.66 bits per heavy atom. The number of benzene rings is 2. The summed E-state index contributed by atoms with van der Waals surface area (Å²) >= 11 is 0. The summed E-state index contributed by atoms with van der Waals surface area (Å²) in [5, 5.41) is 6.19. The van der Waals surface area contributed by atoms with Gasteiger partial charge in [0.15, 0.2) is 5.82 Å². The van der Waals surface area contributed by atoms with E-state index in [0.717, 1.165) is 24.0 Å². The summed E-state index contributed by atoms with van der Waals surface area (Å²) in [6.07, 6.45) is 5.29. The molecule has 1 aromatic heterocycles. The zero-order valence-corrected chi connectivity index (χ0v) is 16.6. The van der Waals surface area contributed by atoms with Gasteiger partial charge in [-0.2, -0.15) is 0 Å². The highest BCUT2D eigenvalue weighted by Crippen LogP contribution is 2.21. The summed E-state index contributed by atoms with van der Waals surface area (Å²) in [4.78, 5) is 29.8. The molecule has 29 heavy (non-hydrogen) atoms. The minimum absolute atomic E-state index is 0.0657. The molecule has 1 heterocycles. The minimum Gasteiger partial charge on any atom is -0.359 e. The van der Waals surface area contributed by atoms with Crippen LogP contribution in [0.4, 0.5) is 5.82 Å². The van der Waals surface area contributed by atoms with Crippen LogP contribution in [0.25, 0.3) is 5.69 Å². The van der Waals surface area contributed by atoms with Gasteiger partial charge in [0, 0.05) is 24.0 Å². The Kier molecular flexibility index (Phi) is 5.16. The second kappa shape index (κ2) is 7.91. The van der Waals surface area contributed by atoms with E-state index in [-0.39, 0.29) is 29.4 Å². The molecule has 3 aromatic rings. The van der Waals surface area contributed by atoms with E-state index in [9.17, 15) is 9.59 Å². The molecule has 0 unspecified atom stereocenters. The lowest BCUT2D eigenvalue weighted by atomic mass is 10.1. The first-order valence-corrected chi connectivity index (χ1v) is 9.84. The number of nitrogens with zero attached hydrogens (tertiary/aromatic N) is 2. The lowest BCUT2D eigenvalue weighted by Gasteiger charge is -2.16. The number of amides is 1. The van der Waals surface area contributed by atoms with Crippen LogP contribution in [0.5, 0.6) is 0 Å². The van der Waals surface area contributed by atoms with Gasteiger partial charge in [0.25, 0.3) is 11.5 Å². The third kappa shape index (κ3) is 4.21. The number of nitrogens with one attached hydrogen (secondary N) is 2. The van der Waals surface area contributed by atoms with Crippen LogP contribution < -0.4 is 16.2 Å². The standard InChI is InChI=1S/C23H24N4O2/c1-15-8-9-18(22(28)26-19-10-11-19)14-20(15)27-13-12-24-21(23(27)29)25-16(2)17-6-4-3-5-7-17/h3-9,12-14,16,19H,10-11H2,1-2H3,(H,24,25)(H,26,28)/t16-/m0/s1. The first-order chi connectivity index (χ1) is 14.0. The fourth-order valence-electron chi connectivity index (χ4n) is 3.24. The Hall–Kier alpha value is -3.41. The average molecular weight is 388 g/mol. The molecule has 1 saturated carbocycles. The van der Waals surface area contributed by atoms with E-state index in [1.165, 1.54) is 4.57 Å². The minimum atomic E-state index is -0.252. The smallest absolute Gasteiger partial charge is 0.297 e. The summed E-state index contributed by atoms with van der Waals surface area (Å²) in [5.41, 5.74) is 2.95. The number of hydrogen-bond acceptors (Lipinski definition) is 4. The molecule has 0 saturated heterocycles. The van der Waals surface area contributed by atoms with Gasteiger partial charge < -0.3 is 10.6 Å². The van der Waals surface area contributed by atoms with E-state index in [0.29, 0.717) is 11.3 Å². The quantitative estimate of drug-likeness (QED) is 0.676. The van der Waals surface area contributed by atoms with Crippen LogP contribution in [-0.4, -0.2) is 21.5 Å². The van der Waals surface area contributed by atoms with E-state index in [2.05, 4.69) is 15.6 Å². The molecule has 2 N–H and O–H groups in total. The summed E-state index contributed by atoms with van der Waals surface area (Å²) in [6.45, 7) is 3.91. The van der Waals surface area contributed by atoms with Crippen molar-refractivity contribution in [3.05, 3.63) is 88.0 Å². The molecule has 2 aromatic carbocycles. The van der Waals surface area contributed by atoms with Gasteiger partial charge in [0.2, 0.25) is 0 Å². The molecule has 0 aliphatic heterocycles. The van der Waals surface area contributed by atoms with Crippen LogP contribution >= 0.6 is 0 Å². The molecule has 0 bridgehead atoms. The molecule has 1 atom stereocenters. The number of anilines is 1. The van der Waals surface area contributed by atoms with Crippen molar-refractivity contribution in [3.8, 4) is 5.69 Å². The van der Waals surface area contributed by atoms with Crippen LogP contribution in [0.3, 0.4) is 0 Å². The summed E-state index contributed by atoms with van der Waals surface area (Å²) in [7, 11) is 0. The SMILES string of the molecule is Cc1ccc(C(=O)NC2CC2)cc1-n1ccnc(N[C@@H](C)c2ccccc2)c1=O. The van der Waals surface area contributed by atoms with Gasteiger partial charge in [-0.25, -0.2) is 4.98 Å². The van der Waals surface area contributed by atoms with E-state index >= 15 is 0 Å². The van der Waals surface area contributed by atoms with Crippen molar-refractivity contribution in [2.45, 2.75) is 38.8 Å². The first kappa shape index (κ1) is 18.9. The number of aryl methyl sites for hydroxylation is 1.